The number of likely N-dealkylation sites (N-methyl/N-ethyl adjacent to an activating group) is 1. The summed E-state index contributed by atoms with van der Waals surface area (Å²) in [5.74, 6) is -0.0394. The van der Waals surface area contributed by atoms with Crippen LogP contribution in [0.5, 0.6) is 0 Å². The minimum atomic E-state index is -0.0394. The Hall–Kier alpha value is -1.50. The van der Waals surface area contributed by atoms with E-state index in [2.05, 4.69) is 10.2 Å². The van der Waals surface area contributed by atoms with Gasteiger partial charge in [-0.3, -0.25) is 9.69 Å². The molecule has 0 atom stereocenters. The van der Waals surface area contributed by atoms with E-state index in [0.29, 0.717) is 17.2 Å². The zero-order chi connectivity index (χ0) is 15.8. The third kappa shape index (κ3) is 7.17. The van der Waals surface area contributed by atoms with Gasteiger partial charge in [0.25, 0.3) is 0 Å². The number of hydrogen-bond acceptors (Lipinski definition) is 4. The van der Waals surface area contributed by atoms with Gasteiger partial charge >= 0.3 is 0 Å². The summed E-state index contributed by atoms with van der Waals surface area (Å²) < 4.78 is 0. The van der Waals surface area contributed by atoms with Crippen LogP contribution in [-0.4, -0.2) is 61.5 Å². The third-order valence-electron chi connectivity index (χ3n) is 2.99. The summed E-state index contributed by atoms with van der Waals surface area (Å²) >= 11 is 4.93. The minimum absolute atomic E-state index is 0.0394. The summed E-state index contributed by atoms with van der Waals surface area (Å²) in [5, 5.41) is 2.86. The number of carbonyl (C=O) groups is 1. The number of benzene rings is 1. The fourth-order valence-corrected chi connectivity index (χ4v) is 2.06. The van der Waals surface area contributed by atoms with Gasteiger partial charge in [0.2, 0.25) is 5.91 Å². The van der Waals surface area contributed by atoms with Gasteiger partial charge in [-0.2, -0.15) is 0 Å². The largest absolute Gasteiger partial charge is 0.389 e. The van der Waals surface area contributed by atoms with E-state index in [9.17, 15) is 4.79 Å². The molecule has 6 heteroatoms. The molecule has 21 heavy (non-hydrogen) atoms. The maximum absolute atomic E-state index is 12.0. The number of nitrogens with zero attached hydrogens (tertiary/aromatic N) is 2. The maximum atomic E-state index is 12.0. The topological polar surface area (TPSA) is 61.6 Å². The molecule has 0 fully saturated rings. The molecule has 0 radical (unpaired) electrons. The Morgan fingerprint density at radius 3 is 2.62 bits per heavy atom. The Labute approximate surface area is 132 Å². The Balaban J connectivity index is 2.42. The molecule has 0 bridgehead atoms. The first kappa shape index (κ1) is 17.6. The van der Waals surface area contributed by atoms with Gasteiger partial charge in [-0.15, -0.1) is 0 Å². The van der Waals surface area contributed by atoms with Gasteiger partial charge in [-0.1, -0.05) is 24.4 Å². The first-order chi connectivity index (χ1) is 9.88. The summed E-state index contributed by atoms with van der Waals surface area (Å²) in [6.07, 6.45) is 1.04. The second kappa shape index (κ2) is 8.71. The highest BCUT2D eigenvalue weighted by Crippen LogP contribution is 2.10. The highest BCUT2D eigenvalue weighted by molar-refractivity contribution is 7.80. The lowest BCUT2D eigenvalue weighted by molar-refractivity contribution is -0.117. The van der Waals surface area contributed by atoms with E-state index in [4.69, 9.17) is 18.0 Å². The molecule has 116 valence electrons. The number of hydrogen-bond donors (Lipinski definition) is 2. The third-order valence-corrected chi connectivity index (χ3v) is 3.23. The van der Waals surface area contributed by atoms with E-state index in [1.54, 1.807) is 6.07 Å². The van der Waals surface area contributed by atoms with Crippen LogP contribution < -0.4 is 11.1 Å². The number of amides is 1. The average Bonchev–Trinajstić information content (AvgIpc) is 2.38. The number of carbonyl (C=O) groups excluding carboxylic acids is 1. The molecule has 0 unspecified atom stereocenters. The molecular formula is C15H24N4OS. The number of nitrogens with two attached hydrogens (primary N) is 1. The first-order valence-corrected chi connectivity index (χ1v) is 7.32. The summed E-state index contributed by atoms with van der Waals surface area (Å²) in [6.45, 7) is 2.27. The van der Waals surface area contributed by atoms with Crippen LogP contribution in [0.2, 0.25) is 0 Å². The fraction of sp³-hybridized carbons (Fsp3) is 0.467. The second-order valence-corrected chi connectivity index (χ2v) is 5.83. The Morgan fingerprint density at radius 1 is 1.29 bits per heavy atom. The molecule has 3 N–H and O–H groups in total. The van der Waals surface area contributed by atoms with Gasteiger partial charge in [-0.25, -0.2) is 0 Å². The molecule has 0 saturated carbocycles. The summed E-state index contributed by atoms with van der Waals surface area (Å²) in [6, 6.07) is 7.26. The molecule has 1 aromatic rings. The lowest BCUT2D eigenvalue weighted by Crippen LogP contribution is -2.32. The van der Waals surface area contributed by atoms with Crippen molar-refractivity contribution < 1.29 is 4.79 Å². The number of thiocarbonyl (C=S) groups is 1. The molecule has 0 heterocycles. The Bertz CT molecular complexity index is 490. The summed E-state index contributed by atoms with van der Waals surface area (Å²) in [7, 11) is 6.03. The maximum Gasteiger partial charge on any atom is 0.238 e. The van der Waals surface area contributed by atoms with Crippen molar-refractivity contribution in [3.8, 4) is 0 Å². The van der Waals surface area contributed by atoms with Gasteiger partial charge in [0, 0.05) is 11.3 Å². The van der Waals surface area contributed by atoms with Gasteiger partial charge in [0.15, 0.2) is 0 Å². The van der Waals surface area contributed by atoms with Crippen molar-refractivity contribution in [2.45, 2.75) is 6.42 Å². The SMILES string of the molecule is CN(C)CCCN(C)CC(=O)Nc1cccc(C(N)=S)c1. The van der Waals surface area contributed by atoms with Crippen molar-refractivity contribution in [3.63, 3.8) is 0 Å². The summed E-state index contributed by atoms with van der Waals surface area (Å²) in [4.78, 5) is 16.4. The average molecular weight is 308 g/mol. The molecule has 0 spiro atoms. The normalized spacial score (nSPS) is 10.9. The van der Waals surface area contributed by atoms with Crippen molar-refractivity contribution in [2.75, 3.05) is 46.1 Å². The lowest BCUT2D eigenvalue weighted by Gasteiger charge is -2.17. The predicted molar refractivity (Wildman–Crippen MR) is 91.6 cm³/mol. The van der Waals surface area contributed by atoms with Crippen LogP contribution in [-0.2, 0) is 4.79 Å². The fourth-order valence-electron chi connectivity index (χ4n) is 1.93. The standard InChI is InChI=1S/C15H24N4OS/c1-18(2)8-5-9-19(3)11-14(20)17-13-7-4-6-12(10-13)15(16)21/h4,6-7,10H,5,8-9,11H2,1-3H3,(H2,16,21)(H,17,20). The van der Waals surface area contributed by atoms with E-state index in [0.717, 1.165) is 25.1 Å². The van der Waals surface area contributed by atoms with Crippen molar-refractivity contribution in [3.05, 3.63) is 29.8 Å². The van der Waals surface area contributed by atoms with Gasteiger partial charge < -0.3 is 16.0 Å². The number of anilines is 1. The lowest BCUT2D eigenvalue weighted by atomic mass is 10.2. The second-order valence-electron chi connectivity index (χ2n) is 5.39. The van der Waals surface area contributed by atoms with Crippen molar-refractivity contribution in [1.82, 2.24) is 9.80 Å². The van der Waals surface area contributed by atoms with Crippen LogP contribution in [0.4, 0.5) is 5.69 Å². The first-order valence-electron chi connectivity index (χ1n) is 6.91. The highest BCUT2D eigenvalue weighted by atomic mass is 32.1. The highest BCUT2D eigenvalue weighted by Gasteiger charge is 2.07. The molecule has 0 aliphatic heterocycles. The predicted octanol–water partition coefficient (Wildman–Crippen LogP) is 1.14. The Kier molecular flexibility index (Phi) is 7.28. The van der Waals surface area contributed by atoms with Crippen LogP contribution in [0, 0.1) is 0 Å². The van der Waals surface area contributed by atoms with E-state index in [-0.39, 0.29) is 5.91 Å². The van der Waals surface area contributed by atoms with E-state index in [1.165, 1.54) is 0 Å². The van der Waals surface area contributed by atoms with Crippen LogP contribution in [0.3, 0.4) is 0 Å². The zero-order valence-corrected chi connectivity index (χ0v) is 13.7. The minimum Gasteiger partial charge on any atom is -0.389 e. The molecule has 1 amide bonds. The molecule has 0 aromatic heterocycles. The smallest absolute Gasteiger partial charge is 0.238 e. The Morgan fingerprint density at radius 2 is 2.00 bits per heavy atom. The molecule has 0 aliphatic rings. The van der Waals surface area contributed by atoms with Crippen molar-refractivity contribution in [1.29, 1.82) is 0 Å². The van der Waals surface area contributed by atoms with Gasteiger partial charge in [0.1, 0.15) is 4.99 Å². The number of nitrogens with one attached hydrogen (secondary N) is 1. The quantitative estimate of drug-likeness (QED) is 0.705. The monoisotopic (exact) mass is 308 g/mol. The molecule has 5 nitrogen and oxygen atoms in total. The van der Waals surface area contributed by atoms with Crippen LogP contribution in [0.15, 0.2) is 24.3 Å². The van der Waals surface area contributed by atoms with Crippen molar-refractivity contribution in [2.24, 2.45) is 5.73 Å². The molecule has 0 aliphatic carbocycles. The van der Waals surface area contributed by atoms with Crippen LogP contribution >= 0.6 is 12.2 Å². The molecule has 1 rings (SSSR count). The van der Waals surface area contributed by atoms with E-state index >= 15 is 0 Å². The van der Waals surface area contributed by atoms with Crippen LogP contribution in [0.1, 0.15) is 12.0 Å². The molecule has 1 aromatic carbocycles. The van der Waals surface area contributed by atoms with Gasteiger partial charge in [-0.05, 0) is 52.8 Å². The van der Waals surface area contributed by atoms with Crippen molar-refractivity contribution >= 4 is 28.8 Å². The molecular weight excluding hydrogens is 284 g/mol. The zero-order valence-electron chi connectivity index (χ0n) is 12.9. The number of rotatable bonds is 8. The van der Waals surface area contributed by atoms with Gasteiger partial charge in [0.05, 0.1) is 6.54 Å². The van der Waals surface area contributed by atoms with E-state index < -0.39 is 0 Å². The van der Waals surface area contributed by atoms with Crippen LogP contribution in [0.25, 0.3) is 0 Å². The van der Waals surface area contributed by atoms with E-state index in [1.807, 2.05) is 44.2 Å². The molecule has 0 saturated heterocycles. The summed E-state index contributed by atoms with van der Waals surface area (Å²) in [5.41, 5.74) is 7.05.